The third-order valence-corrected chi connectivity index (χ3v) is 4.78. The van der Waals surface area contributed by atoms with E-state index in [-0.39, 0.29) is 11.8 Å². The van der Waals surface area contributed by atoms with Crippen LogP contribution in [0.1, 0.15) is 28.4 Å². The van der Waals surface area contributed by atoms with Crippen molar-refractivity contribution in [1.29, 1.82) is 0 Å². The first-order chi connectivity index (χ1) is 12.7. The first-order valence-electron chi connectivity index (χ1n) is 8.48. The Bertz CT molecular complexity index is 1040. The molecule has 1 aromatic heterocycles. The minimum Gasteiger partial charge on any atom is -0.294 e. The summed E-state index contributed by atoms with van der Waals surface area (Å²) in [5, 5.41) is 6.30. The number of aromatic nitrogens is 2. The molecule has 0 aliphatic rings. The molecule has 0 saturated carbocycles. The Morgan fingerprint density at radius 3 is 2.38 bits per heavy atom. The fraction of sp³-hybridized carbons (Fsp3) is 0.0909. The van der Waals surface area contributed by atoms with Gasteiger partial charge in [0.2, 0.25) is 0 Å². The highest BCUT2D eigenvalue weighted by Crippen LogP contribution is 2.28. The largest absolute Gasteiger partial charge is 0.294 e. The Morgan fingerprint density at radius 1 is 0.923 bits per heavy atom. The fourth-order valence-corrected chi connectivity index (χ4v) is 3.31. The third kappa shape index (κ3) is 3.26. The van der Waals surface area contributed by atoms with E-state index in [9.17, 15) is 4.79 Å². The van der Waals surface area contributed by atoms with Crippen molar-refractivity contribution in [3.05, 3.63) is 101 Å². The number of nitrogens with zero attached hydrogens (tertiary/aromatic N) is 2. The van der Waals surface area contributed by atoms with Gasteiger partial charge in [0.25, 0.3) is 0 Å². The molecule has 26 heavy (non-hydrogen) atoms. The SMILES string of the molecule is O=C(CC(c1ccc(Cl)cc1)n1ncc2ccccc21)c1ccccc1. The standard InChI is InChI=1S/C22H17ClN2O/c23-19-12-10-16(11-13-19)21(14-22(26)17-6-2-1-3-7-17)25-20-9-5-4-8-18(20)15-24-25/h1-13,15,21H,14H2. The number of fused-ring (bicyclic) bond motifs is 1. The van der Waals surface area contributed by atoms with Crippen molar-refractivity contribution < 1.29 is 4.79 Å². The number of benzene rings is 3. The van der Waals surface area contributed by atoms with Crippen LogP contribution in [0.3, 0.4) is 0 Å². The van der Waals surface area contributed by atoms with Crippen molar-refractivity contribution in [2.45, 2.75) is 12.5 Å². The van der Waals surface area contributed by atoms with Gasteiger partial charge in [-0.05, 0) is 23.8 Å². The Labute approximate surface area is 156 Å². The number of rotatable bonds is 5. The first-order valence-corrected chi connectivity index (χ1v) is 8.86. The van der Waals surface area contributed by atoms with Crippen LogP contribution in [0.5, 0.6) is 0 Å². The van der Waals surface area contributed by atoms with Crippen LogP contribution in [-0.4, -0.2) is 15.6 Å². The molecule has 0 bridgehead atoms. The van der Waals surface area contributed by atoms with Crippen LogP contribution in [0.15, 0.2) is 85.1 Å². The average molecular weight is 361 g/mol. The molecule has 128 valence electrons. The van der Waals surface area contributed by atoms with Gasteiger partial charge in [-0.2, -0.15) is 5.10 Å². The van der Waals surface area contributed by atoms with Crippen molar-refractivity contribution in [2.24, 2.45) is 0 Å². The number of hydrogen-bond donors (Lipinski definition) is 0. The number of hydrogen-bond acceptors (Lipinski definition) is 2. The predicted octanol–water partition coefficient (Wildman–Crippen LogP) is 5.55. The second kappa shape index (κ2) is 7.14. The van der Waals surface area contributed by atoms with Gasteiger partial charge in [0, 0.05) is 22.4 Å². The Morgan fingerprint density at radius 2 is 1.62 bits per heavy atom. The normalized spacial score (nSPS) is 12.2. The summed E-state index contributed by atoms with van der Waals surface area (Å²) in [7, 11) is 0. The van der Waals surface area contributed by atoms with Crippen molar-refractivity contribution >= 4 is 28.3 Å². The molecular formula is C22H17ClN2O. The fourth-order valence-electron chi connectivity index (χ4n) is 3.19. The maximum atomic E-state index is 12.9. The van der Waals surface area contributed by atoms with Gasteiger partial charge < -0.3 is 0 Å². The molecule has 0 saturated heterocycles. The molecule has 0 spiro atoms. The number of halogens is 1. The van der Waals surface area contributed by atoms with E-state index in [1.807, 2.05) is 89.7 Å². The number of carbonyl (C=O) groups is 1. The molecule has 4 rings (SSSR count). The second-order valence-corrected chi connectivity index (χ2v) is 6.65. The minimum atomic E-state index is -0.195. The monoisotopic (exact) mass is 360 g/mol. The highest BCUT2D eigenvalue weighted by molar-refractivity contribution is 6.30. The van der Waals surface area contributed by atoms with Crippen LogP contribution in [0.25, 0.3) is 10.9 Å². The molecule has 3 aromatic carbocycles. The molecule has 0 N–H and O–H groups in total. The van der Waals surface area contributed by atoms with Gasteiger partial charge in [-0.25, -0.2) is 0 Å². The van der Waals surface area contributed by atoms with Crippen LogP contribution < -0.4 is 0 Å². The summed E-state index contributed by atoms with van der Waals surface area (Å²) in [5.41, 5.74) is 2.73. The minimum absolute atomic E-state index is 0.0881. The van der Waals surface area contributed by atoms with E-state index < -0.39 is 0 Å². The summed E-state index contributed by atoms with van der Waals surface area (Å²) in [6.45, 7) is 0. The quantitative estimate of drug-likeness (QED) is 0.437. The Balaban J connectivity index is 1.77. The smallest absolute Gasteiger partial charge is 0.165 e. The zero-order valence-electron chi connectivity index (χ0n) is 14.0. The molecule has 0 fully saturated rings. The Kier molecular flexibility index (Phi) is 4.55. The molecule has 1 atom stereocenters. The average Bonchev–Trinajstić information content (AvgIpc) is 3.11. The van der Waals surface area contributed by atoms with Crippen molar-refractivity contribution in [3.8, 4) is 0 Å². The van der Waals surface area contributed by atoms with Crippen LogP contribution in [-0.2, 0) is 0 Å². The van der Waals surface area contributed by atoms with Gasteiger partial charge in [-0.15, -0.1) is 0 Å². The molecule has 1 unspecified atom stereocenters. The van der Waals surface area contributed by atoms with Gasteiger partial charge >= 0.3 is 0 Å². The summed E-state index contributed by atoms with van der Waals surface area (Å²) in [6, 6.07) is 24.8. The van der Waals surface area contributed by atoms with Crippen LogP contribution in [0.2, 0.25) is 5.02 Å². The zero-order valence-corrected chi connectivity index (χ0v) is 14.8. The lowest BCUT2D eigenvalue weighted by molar-refractivity contribution is 0.0968. The molecular weight excluding hydrogens is 344 g/mol. The van der Waals surface area contributed by atoms with E-state index in [2.05, 4.69) is 5.10 Å². The van der Waals surface area contributed by atoms with E-state index in [1.165, 1.54) is 0 Å². The number of para-hydroxylation sites is 1. The summed E-state index contributed by atoms with van der Waals surface area (Å²) in [6.07, 6.45) is 2.17. The van der Waals surface area contributed by atoms with Crippen LogP contribution in [0, 0.1) is 0 Å². The summed E-state index contributed by atoms with van der Waals surface area (Å²) in [4.78, 5) is 12.9. The second-order valence-electron chi connectivity index (χ2n) is 6.21. The van der Waals surface area contributed by atoms with Gasteiger partial charge in [0.05, 0.1) is 17.8 Å². The van der Waals surface area contributed by atoms with Crippen LogP contribution in [0.4, 0.5) is 0 Å². The van der Waals surface area contributed by atoms with Gasteiger partial charge in [0.1, 0.15) is 0 Å². The lowest BCUT2D eigenvalue weighted by Crippen LogP contribution is -2.16. The highest BCUT2D eigenvalue weighted by Gasteiger charge is 2.21. The van der Waals surface area contributed by atoms with Gasteiger partial charge in [-0.3, -0.25) is 9.48 Å². The molecule has 0 radical (unpaired) electrons. The van der Waals surface area contributed by atoms with Gasteiger partial charge in [-0.1, -0.05) is 72.3 Å². The van der Waals surface area contributed by atoms with E-state index in [0.717, 1.165) is 16.5 Å². The molecule has 1 heterocycles. The molecule has 3 nitrogen and oxygen atoms in total. The topological polar surface area (TPSA) is 34.9 Å². The highest BCUT2D eigenvalue weighted by atomic mass is 35.5. The van der Waals surface area contributed by atoms with E-state index in [1.54, 1.807) is 0 Å². The van der Waals surface area contributed by atoms with E-state index >= 15 is 0 Å². The first kappa shape index (κ1) is 16.6. The molecule has 0 amide bonds. The molecule has 0 aliphatic heterocycles. The summed E-state index contributed by atoms with van der Waals surface area (Å²) in [5.74, 6) is 0.0881. The Hall–Kier alpha value is -2.91. The maximum absolute atomic E-state index is 12.9. The molecule has 4 heteroatoms. The van der Waals surface area contributed by atoms with E-state index in [0.29, 0.717) is 17.0 Å². The van der Waals surface area contributed by atoms with E-state index in [4.69, 9.17) is 11.6 Å². The zero-order chi connectivity index (χ0) is 17.9. The lowest BCUT2D eigenvalue weighted by atomic mass is 9.98. The molecule has 4 aromatic rings. The maximum Gasteiger partial charge on any atom is 0.165 e. The van der Waals surface area contributed by atoms with Crippen molar-refractivity contribution in [2.75, 3.05) is 0 Å². The van der Waals surface area contributed by atoms with Gasteiger partial charge in [0.15, 0.2) is 5.78 Å². The summed E-state index contributed by atoms with van der Waals surface area (Å²) >= 11 is 6.05. The van der Waals surface area contributed by atoms with Crippen molar-refractivity contribution in [3.63, 3.8) is 0 Å². The number of ketones is 1. The number of carbonyl (C=O) groups excluding carboxylic acids is 1. The predicted molar refractivity (Wildman–Crippen MR) is 105 cm³/mol. The lowest BCUT2D eigenvalue weighted by Gasteiger charge is -2.19. The number of Topliss-reactive ketones (excluding diaryl/α,β-unsaturated/α-hetero) is 1. The third-order valence-electron chi connectivity index (χ3n) is 4.53. The van der Waals surface area contributed by atoms with Crippen molar-refractivity contribution in [1.82, 2.24) is 9.78 Å². The molecule has 0 aliphatic carbocycles. The summed E-state index contributed by atoms with van der Waals surface area (Å²) < 4.78 is 1.93. The van der Waals surface area contributed by atoms with Crippen LogP contribution >= 0.6 is 11.6 Å².